The van der Waals surface area contributed by atoms with Gasteiger partial charge in [0.2, 0.25) is 0 Å². The Balaban J connectivity index is 1.87. The molecule has 2 aromatic rings. The minimum atomic E-state index is -0.541. The third-order valence-corrected chi connectivity index (χ3v) is 3.21. The van der Waals surface area contributed by atoms with E-state index in [2.05, 4.69) is 10.5 Å². The smallest absolute Gasteiger partial charge is 0.277 e. The van der Waals surface area contributed by atoms with Crippen LogP contribution in [0.25, 0.3) is 0 Å². The Labute approximate surface area is 149 Å². The van der Waals surface area contributed by atoms with Gasteiger partial charge in [-0.1, -0.05) is 6.07 Å². The molecule has 0 bridgehead atoms. The number of hydrogen-bond donors (Lipinski definition) is 1. The molecule has 2 aromatic carbocycles. The van der Waals surface area contributed by atoms with E-state index in [0.717, 1.165) is 0 Å². The molecule has 0 saturated carbocycles. The lowest BCUT2D eigenvalue weighted by molar-refractivity contribution is -0.384. The number of methoxy groups -OCH3 is 2. The van der Waals surface area contributed by atoms with Crippen LogP contribution < -0.4 is 19.6 Å². The van der Waals surface area contributed by atoms with Crippen LogP contribution >= 0.6 is 0 Å². The van der Waals surface area contributed by atoms with Gasteiger partial charge < -0.3 is 14.2 Å². The first-order valence-corrected chi connectivity index (χ1v) is 7.44. The minimum Gasteiger partial charge on any atom is -0.493 e. The fourth-order valence-electron chi connectivity index (χ4n) is 1.98. The number of nitro groups is 1. The van der Waals surface area contributed by atoms with Crippen LogP contribution in [0.5, 0.6) is 17.2 Å². The first kappa shape index (κ1) is 18.7. The summed E-state index contributed by atoms with van der Waals surface area (Å²) in [7, 11) is 3.05. The van der Waals surface area contributed by atoms with Gasteiger partial charge in [0, 0.05) is 6.07 Å². The second kappa shape index (κ2) is 9.02. The molecule has 136 valence electrons. The molecule has 1 N–H and O–H groups in total. The van der Waals surface area contributed by atoms with Gasteiger partial charge >= 0.3 is 0 Å². The summed E-state index contributed by atoms with van der Waals surface area (Å²) in [5.74, 6) is 0.835. The molecule has 0 fully saturated rings. The number of rotatable bonds is 8. The summed E-state index contributed by atoms with van der Waals surface area (Å²) in [5, 5.41) is 14.5. The number of hydrazone groups is 1. The van der Waals surface area contributed by atoms with Crippen molar-refractivity contribution in [2.75, 3.05) is 20.8 Å². The summed E-state index contributed by atoms with van der Waals surface area (Å²) >= 11 is 0. The van der Waals surface area contributed by atoms with E-state index >= 15 is 0 Å². The fraction of sp³-hybridized carbons (Fsp3) is 0.176. The maximum absolute atomic E-state index is 11.7. The predicted octanol–water partition coefficient (Wildman–Crippen LogP) is 2.14. The molecule has 0 aliphatic carbocycles. The zero-order valence-corrected chi connectivity index (χ0v) is 14.2. The average Bonchev–Trinajstić information content (AvgIpc) is 2.66. The molecule has 0 spiro atoms. The molecular weight excluding hydrogens is 342 g/mol. The van der Waals surface area contributed by atoms with Crippen molar-refractivity contribution in [2.45, 2.75) is 0 Å². The zero-order valence-electron chi connectivity index (χ0n) is 14.2. The van der Waals surface area contributed by atoms with Crippen molar-refractivity contribution in [3.8, 4) is 17.2 Å². The van der Waals surface area contributed by atoms with Gasteiger partial charge in [-0.15, -0.1) is 0 Å². The van der Waals surface area contributed by atoms with Crippen molar-refractivity contribution < 1.29 is 23.9 Å². The lowest BCUT2D eigenvalue weighted by Crippen LogP contribution is -2.24. The summed E-state index contributed by atoms with van der Waals surface area (Å²) in [6, 6.07) is 10.7. The number of nitrogens with one attached hydrogen (secondary N) is 1. The van der Waals surface area contributed by atoms with Crippen molar-refractivity contribution >= 4 is 17.8 Å². The molecule has 2 rings (SSSR count). The third-order valence-electron chi connectivity index (χ3n) is 3.21. The number of ether oxygens (including phenoxy) is 3. The Morgan fingerprint density at radius 3 is 2.65 bits per heavy atom. The summed E-state index contributed by atoms with van der Waals surface area (Å²) in [4.78, 5) is 21.9. The van der Waals surface area contributed by atoms with E-state index in [1.807, 2.05) is 0 Å². The summed E-state index contributed by atoms with van der Waals surface area (Å²) in [5.41, 5.74) is 2.88. The number of carbonyl (C=O) groups excluding carboxylic acids is 1. The maximum atomic E-state index is 11.7. The summed E-state index contributed by atoms with van der Waals surface area (Å²) < 4.78 is 15.5. The quantitative estimate of drug-likeness (QED) is 0.439. The number of nitro benzene ring substituents is 1. The SMILES string of the molecule is COc1ccc(C=NNC(=O)COc2cccc([N+](=O)[O-])c2)cc1OC. The predicted molar refractivity (Wildman–Crippen MR) is 93.9 cm³/mol. The highest BCUT2D eigenvalue weighted by Crippen LogP contribution is 2.26. The van der Waals surface area contributed by atoms with E-state index in [0.29, 0.717) is 17.1 Å². The minimum absolute atomic E-state index is 0.116. The number of hydrogen-bond acceptors (Lipinski definition) is 7. The molecule has 0 unspecified atom stereocenters. The molecule has 0 saturated heterocycles. The molecule has 26 heavy (non-hydrogen) atoms. The van der Waals surface area contributed by atoms with Gasteiger partial charge in [0.1, 0.15) is 5.75 Å². The molecule has 9 heteroatoms. The van der Waals surface area contributed by atoms with Gasteiger partial charge in [0.15, 0.2) is 18.1 Å². The van der Waals surface area contributed by atoms with Crippen LogP contribution in [0.1, 0.15) is 5.56 Å². The third kappa shape index (κ3) is 5.20. The first-order valence-electron chi connectivity index (χ1n) is 7.44. The second-order valence-corrected chi connectivity index (χ2v) is 4.95. The van der Waals surface area contributed by atoms with Crippen molar-refractivity contribution in [3.63, 3.8) is 0 Å². The number of non-ortho nitro benzene ring substituents is 1. The van der Waals surface area contributed by atoms with E-state index in [9.17, 15) is 14.9 Å². The molecule has 1 amide bonds. The second-order valence-electron chi connectivity index (χ2n) is 4.95. The highest BCUT2D eigenvalue weighted by atomic mass is 16.6. The van der Waals surface area contributed by atoms with Gasteiger partial charge in [-0.05, 0) is 29.8 Å². The van der Waals surface area contributed by atoms with Crippen LogP contribution in [0, 0.1) is 10.1 Å². The van der Waals surface area contributed by atoms with Gasteiger partial charge in [-0.25, -0.2) is 5.43 Å². The lowest BCUT2D eigenvalue weighted by Gasteiger charge is -2.07. The Morgan fingerprint density at radius 2 is 1.96 bits per heavy atom. The first-order chi connectivity index (χ1) is 12.5. The van der Waals surface area contributed by atoms with Crippen molar-refractivity contribution in [1.29, 1.82) is 0 Å². The molecule has 0 aliphatic heterocycles. The van der Waals surface area contributed by atoms with Crippen LogP contribution in [0.2, 0.25) is 0 Å². The molecule has 0 aromatic heterocycles. The van der Waals surface area contributed by atoms with E-state index < -0.39 is 10.8 Å². The number of benzene rings is 2. The van der Waals surface area contributed by atoms with Gasteiger partial charge in [0.25, 0.3) is 11.6 Å². The van der Waals surface area contributed by atoms with Crippen LogP contribution in [-0.4, -0.2) is 37.9 Å². The zero-order chi connectivity index (χ0) is 18.9. The van der Waals surface area contributed by atoms with Crippen molar-refractivity contribution in [1.82, 2.24) is 5.43 Å². The van der Waals surface area contributed by atoms with Gasteiger partial charge in [0.05, 0.1) is 31.4 Å². The van der Waals surface area contributed by atoms with Gasteiger partial charge in [-0.3, -0.25) is 14.9 Å². The Bertz CT molecular complexity index is 822. The van der Waals surface area contributed by atoms with Crippen LogP contribution in [0.4, 0.5) is 5.69 Å². The highest BCUT2D eigenvalue weighted by Gasteiger charge is 2.08. The Kier molecular flexibility index (Phi) is 6.49. The van der Waals surface area contributed by atoms with E-state index in [1.165, 1.54) is 44.7 Å². The lowest BCUT2D eigenvalue weighted by atomic mass is 10.2. The molecule has 0 radical (unpaired) electrons. The Morgan fingerprint density at radius 1 is 1.19 bits per heavy atom. The molecule has 0 aliphatic rings. The molecule has 0 heterocycles. The molecule has 0 atom stereocenters. The van der Waals surface area contributed by atoms with Crippen LogP contribution in [0.15, 0.2) is 47.6 Å². The standard InChI is InChI=1S/C17H17N3O6/c1-24-15-7-6-12(8-16(15)25-2)10-18-19-17(21)11-26-14-5-3-4-13(9-14)20(22)23/h3-10H,11H2,1-2H3,(H,19,21). The fourth-order valence-corrected chi connectivity index (χ4v) is 1.98. The topological polar surface area (TPSA) is 112 Å². The Hall–Kier alpha value is -3.62. The highest BCUT2D eigenvalue weighted by molar-refractivity contribution is 5.83. The average molecular weight is 359 g/mol. The van der Waals surface area contributed by atoms with Crippen LogP contribution in [-0.2, 0) is 4.79 Å². The van der Waals surface area contributed by atoms with Crippen molar-refractivity contribution in [2.24, 2.45) is 5.10 Å². The number of carbonyl (C=O) groups is 1. The van der Waals surface area contributed by atoms with Crippen LogP contribution in [0.3, 0.4) is 0 Å². The maximum Gasteiger partial charge on any atom is 0.277 e. The number of nitrogens with zero attached hydrogens (tertiary/aromatic N) is 2. The van der Waals surface area contributed by atoms with Gasteiger partial charge in [-0.2, -0.15) is 5.10 Å². The summed E-state index contributed by atoms with van der Waals surface area (Å²) in [6.45, 7) is -0.329. The number of amides is 1. The molecule has 9 nitrogen and oxygen atoms in total. The largest absolute Gasteiger partial charge is 0.493 e. The monoisotopic (exact) mass is 359 g/mol. The van der Waals surface area contributed by atoms with E-state index in [-0.39, 0.29) is 18.0 Å². The normalized spacial score (nSPS) is 10.4. The van der Waals surface area contributed by atoms with Crippen molar-refractivity contribution in [3.05, 3.63) is 58.1 Å². The summed E-state index contributed by atoms with van der Waals surface area (Å²) in [6.07, 6.45) is 1.44. The van der Waals surface area contributed by atoms with E-state index in [4.69, 9.17) is 14.2 Å². The molecular formula is C17H17N3O6. The van der Waals surface area contributed by atoms with E-state index in [1.54, 1.807) is 18.2 Å².